The molecule has 0 spiro atoms. The molecule has 0 fully saturated rings. The van der Waals surface area contributed by atoms with Gasteiger partial charge in [-0.1, -0.05) is 12.1 Å². The van der Waals surface area contributed by atoms with E-state index in [9.17, 15) is 14.6 Å². The standard InChI is InChI=1S/C23H21FN8O2/c1-31-19(7-9-26-31)28-23-25-8-6-18(27-23)15-11-20-29-30-22(32(20)21(34)12-15)16(13-33)10-14-2-4-17(24)5-3-14/h2-9,11-12,16,33-34H,10,13H2,1H3,(H,25,27,28). The number of fused-ring (bicyclic) bond motifs is 1. The van der Waals surface area contributed by atoms with Crippen LogP contribution < -0.4 is 5.32 Å². The van der Waals surface area contributed by atoms with E-state index in [0.717, 1.165) is 11.4 Å². The predicted octanol–water partition coefficient (Wildman–Crippen LogP) is 2.83. The van der Waals surface area contributed by atoms with Crippen LogP contribution in [-0.2, 0) is 13.5 Å². The summed E-state index contributed by atoms with van der Waals surface area (Å²) in [5.74, 6) is 0.657. The molecule has 1 unspecified atom stereocenters. The van der Waals surface area contributed by atoms with Crippen molar-refractivity contribution in [2.45, 2.75) is 12.3 Å². The number of nitrogens with one attached hydrogen (secondary N) is 1. The van der Waals surface area contributed by atoms with Crippen LogP contribution in [0.3, 0.4) is 0 Å². The Morgan fingerprint density at radius 1 is 1.06 bits per heavy atom. The predicted molar refractivity (Wildman–Crippen MR) is 122 cm³/mol. The second-order valence-corrected chi connectivity index (χ2v) is 7.79. The van der Waals surface area contributed by atoms with Crippen LogP contribution in [0.2, 0.25) is 0 Å². The van der Waals surface area contributed by atoms with Crippen LogP contribution >= 0.6 is 0 Å². The lowest BCUT2D eigenvalue weighted by Gasteiger charge is -2.14. The Labute approximate surface area is 193 Å². The SMILES string of the molecule is Cn1nccc1Nc1nccc(-c2cc(O)n3c(C(CO)Cc4ccc(F)cc4)nnc3c2)n1. The van der Waals surface area contributed by atoms with Crippen molar-refractivity contribution in [3.63, 3.8) is 0 Å². The molecule has 4 aromatic heterocycles. The Morgan fingerprint density at radius 2 is 1.88 bits per heavy atom. The lowest BCUT2D eigenvalue weighted by atomic mass is 9.99. The molecular formula is C23H21FN8O2. The maximum atomic E-state index is 13.2. The van der Waals surface area contributed by atoms with Crippen LogP contribution in [0, 0.1) is 5.82 Å². The highest BCUT2D eigenvalue weighted by atomic mass is 19.1. The maximum Gasteiger partial charge on any atom is 0.228 e. The number of aliphatic hydroxyl groups is 1. The third kappa shape index (κ3) is 4.16. The van der Waals surface area contributed by atoms with Gasteiger partial charge in [0.1, 0.15) is 17.5 Å². The van der Waals surface area contributed by atoms with Gasteiger partial charge in [0.05, 0.1) is 18.5 Å². The van der Waals surface area contributed by atoms with Crippen molar-refractivity contribution in [2.75, 3.05) is 11.9 Å². The molecule has 10 nitrogen and oxygen atoms in total. The molecule has 1 aromatic carbocycles. The first-order valence-electron chi connectivity index (χ1n) is 10.5. The average molecular weight is 460 g/mol. The number of hydrogen-bond donors (Lipinski definition) is 3. The van der Waals surface area contributed by atoms with Gasteiger partial charge < -0.3 is 15.5 Å². The number of rotatable bonds is 7. The first-order valence-corrected chi connectivity index (χ1v) is 10.5. The molecule has 34 heavy (non-hydrogen) atoms. The van der Waals surface area contributed by atoms with Crippen LogP contribution in [0.1, 0.15) is 17.3 Å². The van der Waals surface area contributed by atoms with E-state index in [1.165, 1.54) is 16.5 Å². The molecular weight excluding hydrogens is 439 g/mol. The van der Waals surface area contributed by atoms with Gasteiger partial charge in [-0.05, 0) is 36.2 Å². The molecule has 172 valence electrons. The second kappa shape index (κ2) is 8.87. The second-order valence-electron chi connectivity index (χ2n) is 7.79. The molecule has 1 atom stereocenters. The summed E-state index contributed by atoms with van der Waals surface area (Å²) in [5, 5.41) is 36.4. The van der Waals surface area contributed by atoms with Gasteiger partial charge in [0.15, 0.2) is 11.5 Å². The maximum absolute atomic E-state index is 13.2. The fourth-order valence-electron chi connectivity index (χ4n) is 3.77. The summed E-state index contributed by atoms with van der Waals surface area (Å²) in [7, 11) is 1.80. The summed E-state index contributed by atoms with van der Waals surface area (Å²) in [4.78, 5) is 8.76. The number of aryl methyl sites for hydroxylation is 1. The molecule has 5 rings (SSSR count). The molecule has 0 radical (unpaired) electrons. The molecule has 0 bridgehead atoms. The van der Waals surface area contributed by atoms with E-state index in [4.69, 9.17) is 0 Å². The fraction of sp³-hybridized carbons (Fsp3) is 0.174. The van der Waals surface area contributed by atoms with Crippen molar-refractivity contribution in [2.24, 2.45) is 7.05 Å². The van der Waals surface area contributed by atoms with Crippen LogP contribution in [-0.4, -0.2) is 51.2 Å². The zero-order valence-corrected chi connectivity index (χ0v) is 18.2. The molecule has 4 heterocycles. The molecule has 0 amide bonds. The summed E-state index contributed by atoms with van der Waals surface area (Å²) in [6, 6.07) is 12.9. The average Bonchev–Trinajstić information content (AvgIpc) is 3.45. The molecule has 0 aliphatic heterocycles. The molecule has 11 heteroatoms. The zero-order valence-electron chi connectivity index (χ0n) is 18.2. The summed E-state index contributed by atoms with van der Waals surface area (Å²) in [5.41, 5.74) is 2.44. The lowest BCUT2D eigenvalue weighted by Crippen LogP contribution is -2.12. The van der Waals surface area contributed by atoms with E-state index < -0.39 is 5.92 Å². The summed E-state index contributed by atoms with van der Waals surface area (Å²) >= 11 is 0. The van der Waals surface area contributed by atoms with Gasteiger partial charge in [0.2, 0.25) is 5.95 Å². The Balaban J connectivity index is 1.46. The third-order valence-electron chi connectivity index (χ3n) is 5.50. The number of pyridine rings is 1. The molecule has 0 saturated carbocycles. The minimum atomic E-state index is -0.439. The third-order valence-corrected chi connectivity index (χ3v) is 5.50. The summed E-state index contributed by atoms with van der Waals surface area (Å²) in [6.07, 6.45) is 3.69. The number of aliphatic hydroxyl groups excluding tert-OH is 1. The van der Waals surface area contributed by atoms with E-state index in [1.54, 1.807) is 60.5 Å². The zero-order chi connectivity index (χ0) is 23.7. The van der Waals surface area contributed by atoms with Crippen LogP contribution in [0.5, 0.6) is 5.88 Å². The summed E-state index contributed by atoms with van der Waals surface area (Å²) < 4.78 is 16.4. The number of hydrogen-bond acceptors (Lipinski definition) is 8. The molecule has 0 saturated heterocycles. The van der Waals surface area contributed by atoms with E-state index in [0.29, 0.717) is 35.1 Å². The van der Waals surface area contributed by atoms with Gasteiger partial charge in [-0.3, -0.25) is 4.68 Å². The van der Waals surface area contributed by atoms with Crippen molar-refractivity contribution in [3.05, 3.63) is 78.1 Å². The number of anilines is 2. The fourth-order valence-corrected chi connectivity index (χ4v) is 3.77. The number of halogens is 1. The Bertz CT molecular complexity index is 1450. The molecule has 5 aromatic rings. The molecule has 0 aliphatic carbocycles. The smallest absolute Gasteiger partial charge is 0.228 e. The number of benzene rings is 1. The lowest BCUT2D eigenvalue weighted by molar-refractivity contribution is 0.258. The number of aromatic nitrogens is 7. The highest BCUT2D eigenvalue weighted by molar-refractivity contribution is 5.67. The number of nitrogens with zero attached hydrogens (tertiary/aromatic N) is 7. The van der Waals surface area contributed by atoms with Gasteiger partial charge in [-0.2, -0.15) is 5.10 Å². The molecule has 0 aliphatic rings. The van der Waals surface area contributed by atoms with Crippen LogP contribution in [0.25, 0.3) is 16.9 Å². The Kier molecular flexibility index (Phi) is 5.60. The number of aromatic hydroxyl groups is 1. The van der Waals surface area contributed by atoms with Gasteiger partial charge in [0.25, 0.3) is 0 Å². The van der Waals surface area contributed by atoms with E-state index in [2.05, 4.69) is 30.6 Å². The van der Waals surface area contributed by atoms with Crippen molar-refractivity contribution in [1.82, 2.24) is 34.3 Å². The van der Waals surface area contributed by atoms with Crippen LogP contribution in [0.4, 0.5) is 16.2 Å². The van der Waals surface area contributed by atoms with Gasteiger partial charge in [-0.25, -0.2) is 18.8 Å². The van der Waals surface area contributed by atoms with Crippen molar-refractivity contribution < 1.29 is 14.6 Å². The minimum absolute atomic E-state index is 0.0928. The van der Waals surface area contributed by atoms with Crippen LogP contribution in [0.15, 0.2) is 60.9 Å². The summed E-state index contributed by atoms with van der Waals surface area (Å²) in [6.45, 7) is -0.214. The van der Waals surface area contributed by atoms with Gasteiger partial charge in [0, 0.05) is 36.9 Å². The highest BCUT2D eigenvalue weighted by Crippen LogP contribution is 2.29. The van der Waals surface area contributed by atoms with Gasteiger partial charge >= 0.3 is 0 Å². The first kappa shape index (κ1) is 21.5. The normalized spacial score (nSPS) is 12.2. The Morgan fingerprint density at radius 3 is 2.62 bits per heavy atom. The van der Waals surface area contributed by atoms with E-state index in [1.807, 2.05) is 0 Å². The van der Waals surface area contributed by atoms with Gasteiger partial charge in [-0.15, -0.1) is 10.2 Å². The minimum Gasteiger partial charge on any atom is -0.494 e. The first-order chi connectivity index (χ1) is 16.5. The molecule has 3 N–H and O–H groups in total. The Hall–Kier alpha value is -4.38. The monoisotopic (exact) mass is 460 g/mol. The van der Waals surface area contributed by atoms with E-state index >= 15 is 0 Å². The largest absolute Gasteiger partial charge is 0.494 e. The van der Waals surface area contributed by atoms with Crippen molar-refractivity contribution in [3.8, 4) is 17.1 Å². The quantitative estimate of drug-likeness (QED) is 0.339. The van der Waals surface area contributed by atoms with E-state index in [-0.39, 0.29) is 18.3 Å². The highest BCUT2D eigenvalue weighted by Gasteiger charge is 2.21. The topological polar surface area (TPSA) is 126 Å². The van der Waals surface area contributed by atoms with Crippen molar-refractivity contribution >= 4 is 17.4 Å². The van der Waals surface area contributed by atoms with Crippen molar-refractivity contribution in [1.29, 1.82) is 0 Å².